The lowest BCUT2D eigenvalue weighted by molar-refractivity contribution is -0.0878. The Morgan fingerprint density at radius 1 is 0.947 bits per heavy atom. The van der Waals surface area contributed by atoms with Crippen molar-refractivity contribution in [1.29, 1.82) is 0 Å². The second-order valence-corrected chi connectivity index (χ2v) is 5.83. The topological polar surface area (TPSA) is 44.5 Å². The van der Waals surface area contributed by atoms with Gasteiger partial charge in [-0.3, -0.25) is 0 Å². The van der Waals surface area contributed by atoms with Crippen LogP contribution in [0.4, 0.5) is 0 Å². The molecule has 3 heteroatoms. The normalized spacial score (nSPS) is 18.0. The highest BCUT2D eigenvalue weighted by molar-refractivity contribution is 4.80. The highest BCUT2D eigenvalue weighted by Gasteiger charge is 2.29. The van der Waals surface area contributed by atoms with Gasteiger partial charge in [0.05, 0.1) is 17.8 Å². The Morgan fingerprint density at radius 2 is 1.58 bits per heavy atom. The van der Waals surface area contributed by atoms with E-state index in [0.29, 0.717) is 6.54 Å². The number of nitrogens with two attached hydrogens (primary N) is 1. The minimum atomic E-state index is -0.0665. The number of ether oxygens (including phenoxy) is 2. The Bertz CT molecular complexity index is 209. The van der Waals surface area contributed by atoms with Crippen molar-refractivity contribution in [2.45, 2.75) is 83.8 Å². The zero-order valence-corrected chi connectivity index (χ0v) is 13.8. The second kappa shape index (κ2) is 9.73. The molecule has 19 heavy (non-hydrogen) atoms. The minimum Gasteiger partial charge on any atom is -0.378 e. The molecule has 0 aromatic rings. The van der Waals surface area contributed by atoms with Gasteiger partial charge in [-0.05, 0) is 45.6 Å². The third kappa shape index (κ3) is 6.73. The summed E-state index contributed by atoms with van der Waals surface area (Å²) < 4.78 is 11.9. The summed E-state index contributed by atoms with van der Waals surface area (Å²) >= 11 is 0. The Balaban J connectivity index is 4.35. The predicted octanol–water partition coefficient (Wildman–Crippen LogP) is 3.90. The van der Waals surface area contributed by atoms with Gasteiger partial charge in [0.15, 0.2) is 0 Å². The predicted molar refractivity (Wildman–Crippen MR) is 82.5 cm³/mol. The summed E-state index contributed by atoms with van der Waals surface area (Å²) in [5.41, 5.74) is 5.62. The van der Waals surface area contributed by atoms with Crippen LogP contribution in [0.1, 0.15) is 72.6 Å². The molecule has 0 saturated heterocycles. The lowest BCUT2D eigenvalue weighted by atomic mass is 9.91. The molecular formula is C16H35NO2. The van der Waals surface area contributed by atoms with Crippen molar-refractivity contribution in [3.63, 3.8) is 0 Å². The van der Waals surface area contributed by atoms with Crippen LogP contribution >= 0.6 is 0 Å². The zero-order valence-electron chi connectivity index (χ0n) is 13.8. The van der Waals surface area contributed by atoms with Crippen molar-refractivity contribution in [1.82, 2.24) is 0 Å². The van der Waals surface area contributed by atoms with Crippen molar-refractivity contribution in [2.24, 2.45) is 5.73 Å². The molecule has 0 fully saturated rings. The van der Waals surface area contributed by atoms with Crippen LogP contribution in [0.5, 0.6) is 0 Å². The molecule has 0 aliphatic carbocycles. The quantitative estimate of drug-likeness (QED) is 0.586. The number of hydrogen-bond donors (Lipinski definition) is 1. The zero-order chi connectivity index (χ0) is 14.8. The highest BCUT2D eigenvalue weighted by atomic mass is 16.5. The van der Waals surface area contributed by atoms with Gasteiger partial charge < -0.3 is 15.2 Å². The van der Waals surface area contributed by atoms with Crippen molar-refractivity contribution >= 4 is 0 Å². The molecule has 0 heterocycles. The van der Waals surface area contributed by atoms with E-state index in [4.69, 9.17) is 15.2 Å². The van der Waals surface area contributed by atoms with Crippen LogP contribution in [0, 0.1) is 0 Å². The first kappa shape index (κ1) is 18.9. The summed E-state index contributed by atoms with van der Waals surface area (Å²) in [6.45, 7) is 10.2. The summed E-state index contributed by atoms with van der Waals surface area (Å²) in [4.78, 5) is 0. The van der Waals surface area contributed by atoms with Gasteiger partial charge in [-0.2, -0.15) is 0 Å². The molecule has 0 spiro atoms. The van der Waals surface area contributed by atoms with E-state index < -0.39 is 0 Å². The van der Waals surface area contributed by atoms with Crippen LogP contribution in [0.25, 0.3) is 0 Å². The first-order chi connectivity index (χ1) is 9.01. The summed E-state index contributed by atoms with van der Waals surface area (Å²) in [6.07, 6.45) is 7.40. The largest absolute Gasteiger partial charge is 0.378 e. The molecule has 116 valence electrons. The Hall–Kier alpha value is -0.120. The third-order valence-electron chi connectivity index (χ3n) is 4.24. The molecule has 0 saturated carbocycles. The molecule has 3 nitrogen and oxygen atoms in total. The van der Waals surface area contributed by atoms with E-state index in [1.54, 1.807) is 0 Å². The van der Waals surface area contributed by atoms with Crippen molar-refractivity contribution < 1.29 is 9.47 Å². The first-order valence-corrected chi connectivity index (χ1v) is 7.90. The van der Waals surface area contributed by atoms with E-state index in [9.17, 15) is 0 Å². The molecule has 0 rings (SSSR count). The van der Waals surface area contributed by atoms with Gasteiger partial charge in [0, 0.05) is 7.11 Å². The molecule has 2 unspecified atom stereocenters. The average Bonchev–Trinajstić information content (AvgIpc) is 2.38. The van der Waals surface area contributed by atoms with Crippen LogP contribution in [-0.2, 0) is 9.47 Å². The highest BCUT2D eigenvalue weighted by Crippen LogP contribution is 2.28. The number of rotatable bonds is 12. The minimum absolute atomic E-state index is 0.00934. The molecule has 0 radical (unpaired) electrons. The van der Waals surface area contributed by atoms with Crippen LogP contribution in [-0.4, -0.2) is 31.5 Å². The Labute approximate surface area is 120 Å². The standard InChI is InChI=1S/C16H35NO2/c1-6-9-15(4,11-13-17)19-14-12-16(8-3,18-5)10-7-2/h6-14,17H2,1-5H3. The maximum Gasteiger partial charge on any atom is 0.0698 e. The maximum atomic E-state index is 6.16. The van der Waals surface area contributed by atoms with E-state index in [1.165, 1.54) is 0 Å². The molecule has 0 aliphatic heterocycles. The molecule has 0 amide bonds. The van der Waals surface area contributed by atoms with Gasteiger partial charge in [-0.15, -0.1) is 0 Å². The Kier molecular flexibility index (Phi) is 9.67. The van der Waals surface area contributed by atoms with Crippen molar-refractivity contribution in [2.75, 3.05) is 20.3 Å². The molecule has 2 N–H and O–H groups in total. The average molecular weight is 273 g/mol. The van der Waals surface area contributed by atoms with Crippen LogP contribution in [0.2, 0.25) is 0 Å². The Morgan fingerprint density at radius 3 is 2.00 bits per heavy atom. The van der Waals surface area contributed by atoms with Gasteiger partial charge in [-0.25, -0.2) is 0 Å². The number of methoxy groups -OCH3 is 1. The van der Waals surface area contributed by atoms with Gasteiger partial charge in [0.2, 0.25) is 0 Å². The summed E-state index contributed by atoms with van der Waals surface area (Å²) in [5, 5.41) is 0. The van der Waals surface area contributed by atoms with E-state index in [0.717, 1.165) is 51.6 Å². The summed E-state index contributed by atoms with van der Waals surface area (Å²) in [7, 11) is 1.82. The fraction of sp³-hybridized carbons (Fsp3) is 1.00. The van der Waals surface area contributed by atoms with Gasteiger partial charge in [-0.1, -0.05) is 33.6 Å². The van der Waals surface area contributed by atoms with Crippen LogP contribution < -0.4 is 5.73 Å². The van der Waals surface area contributed by atoms with Gasteiger partial charge in [0.1, 0.15) is 0 Å². The van der Waals surface area contributed by atoms with E-state index in [1.807, 2.05) is 7.11 Å². The summed E-state index contributed by atoms with van der Waals surface area (Å²) in [6, 6.07) is 0. The SMILES string of the molecule is CCCC(C)(CCN)OCCC(CC)(CCC)OC. The van der Waals surface area contributed by atoms with Crippen molar-refractivity contribution in [3.05, 3.63) is 0 Å². The molecule has 0 aromatic carbocycles. The van der Waals surface area contributed by atoms with E-state index >= 15 is 0 Å². The fourth-order valence-corrected chi connectivity index (χ4v) is 2.87. The van der Waals surface area contributed by atoms with Crippen molar-refractivity contribution in [3.8, 4) is 0 Å². The maximum absolute atomic E-state index is 6.16. The van der Waals surface area contributed by atoms with Gasteiger partial charge >= 0.3 is 0 Å². The fourth-order valence-electron chi connectivity index (χ4n) is 2.87. The van der Waals surface area contributed by atoms with Crippen LogP contribution in [0.3, 0.4) is 0 Å². The molecule has 2 atom stereocenters. The molecular weight excluding hydrogens is 238 g/mol. The lowest BCUT2D eigenvalue weighted by Gasteiger charge is -2.34. The molecule has 0 aliphatic rings. The van der Waals surface area contributed by atoms with Gasteiger partial charge in [0.25, 0.3) is 0 Å². The lowest BCUT2D eigenvalue weighted by Crippen LogP contribution is -2.36. The van der Waals surface area contributed by atoms with Crippen LogP contribution in [0.15, 0.2) is 0 Å². The monoisotopic (exact) mass is 273 g/mol. The number of hydrogen-bond acceptors (Lipinski definition) is 3. The first-order valence-electron chi connectivity index (χ1n) is 7.90. The summed E-state index contributed by atoms with van der Waals surface area (Å²) in [5.74, 6) is 0. The second-order valence-electron chi connectivity index (χ2n) is 5.83. The third-order valence-corrected chi connectivity index (χ3v) is 4.24. The molecule has 0 bridgehead atoms. The van der Waals surface area contributed by atoms with E-state index in [-0.39, 0.29) is 11.2 Å². The molecule has 0 aromatic heterocycles. The van der Waals surface area contributed by atoms with E-state index in [2.05, 4.69) is 27.7 Å². The smallest absolute Gasteiger partial charge is 0.0698 e.